The molecule has 0 bridgehead atoms. The van der Waals surface area contributed by atoms with Gasteiger partial charge in [-0.05, 0) is 36.4 Å². The SMILES string of the molecule is N#C/C(N=Nc1ccc(Br)cc1O)=N\Nc1ccc(Br)cc1O. The largest absolute Gasteiger partial charge is 0.506 e. The highest BCUT2D eigenvalue weighted by molar-refractivity contribution is 9.10. The summed E-state index contributed by atoms with van der Waals surface area (Å²) in [5.41, 5.74) is 3.03. The molecule has 2 aromatic rings. The third-order valence-corrected chi connectivity index (χ3v) is 3.52. The summed E-state index contributed by atoms with van der Waals surface area (Å²) in [6.45, 7) is 0. The molecule has 0 fully saturated rings. The van der Waals surface area contributed by atoms with Crippen molar-refractivity contribution in [3.8, 4) is 17.6 Å². The van der Waals surface area contributed by atoms with E-state index in [4.69, 9.17) is 5.26 Å². The minimum atomic E-state index is -0.269. The van der Waals surface area contributed by atoms with Crippen LogP contribution in [0.15, 0.2) is 60.7 Å². The summed E-state index contributed by atoms with van der Waals surface area (Å²) in [6.07, 6.45) is 0. The normalized spacial score (nSPS) is 11.4. The van der Waals surface area contributed by atoms with Crippen molar-refractivity contribution in [2.75, 3.05) is 5.43 Å². The zero-order chi connectivity index (χ0) is 16.8. The molecule has 0 aliphatic carbocycles. The fraction of sp³-hybridized carbons (Fsp3) is 0. The van der Waals surface area contributed by atoms with Gasteiger partial charge in [-0.1, -0.05) is 31.9 Å². The van der Waals surface area contributed by atoms with Crippen molar-refractivity contribution in [3.63, 3.8) is 0 Å². The Morgan fingerprint density at radius 2 is 1.70 bits per heavy atom. The van der Waals surface area contributed by atoms with Gasteiger partial charge in [-0.25, -0.2) is 0 Å². The first-order valence-corrected chi connectivity index (χ1v) is 7.71. The summed E-state index contributed by atoms with van der Waals surface area (Å²) in [6, 6.07) is 11.2. The summed E-state index contributed by atoms with van der Waals surface area (Å²) < 4.78 is 1.39. The molecule has 0 heterocycles. The highest BCUT2D eigenvalue weighted by Crippen LogP contribution is 2.30. The van der Waals surface area contributed by atoms with Gasteiger partial charge in [0.1, 0.15) is 23.3 Å². The first-order chi connectivity index (χ1) is 11.0. The number of phenolic OH excluding ortho intramolecular Hbond substituents is 2. The molecule has 0 radical (unpaired) electrons. The number of hydrogen-bond acceptors (Lipinski definition) is 6. The Labute approximate surface area is 148 Å². The van der Waals surface area contributed by atoms with Gasteiger partial charge < -0.3 is 10.2 Å². The number of hydrogen-bond donors (Lipinski definition) is 3. The zero-order valence-corrected chi connectivity index (χ0v) is 14.6. The number of benzene rings is 2. The highest BCUT2D eigenvalue weighted by Gasteiger charge is 2.03. The number of amidine groups is 1. The first kappa shape index (κ1) is 16.9. The Hall–Kier alpha value is -2.44. The van der Waals surface area contributed by atoms with Crippen molar-refractivity contribution in [3.05, 3.63) is 45.3 Å². The Morgan fingerprint density at radius 1 is 1.04 bits per heavy atom. The van der Waals surface area contributed by atoms with E-state index in [1.165, 1.54) is 18.2 Å². The van der Waals surface area contributed by atoms with Gasteiger partial charge in [0.05, 0.1) is 5.69 Å². The van der Waals surface area contributed by atoms with Crippen LogP contribution in [0.5, 0.6) is 11.5 Å². The van der Waals surface area contributed by atoms with Crippen LogP contribution < -0.4 is 5.43 Å². The molecule has 0 aliphatic heterocycles. The van der Waals surface area contributed by atoms with Crippen LogP contribution in [0.1, 0.15) is 0 Å². The molecule has 3 N–H and O–H groups in total. The molecule has 0 saturated carbocycles. The van der Waals surface area contributed by atoms with E-state index in [1.807, 2.05) is 0 Å². The maximum absolute atomic E-state index is 9.71. The Balaban J connectivity index is 2.16. The molecule has 23 heavy (non-hydrogen) atoms. The topological polar surface area (TPSA) is 113 Å². The minimum Gasteiger partial charge on any atom is -0.506 e. The lowest BCUT2D eigenvalue weighted by Crippen LogP contribution is -1.96. The summed E-state index contributed by atoms with van der Waals surface area (Å²) in [5, 5.41) is 39.5. The van der Waals surface area contributed by atoms with Gasteiger partial charge in [-0.3, -0.25) is 5.43 Å². The van der Waals surface area contributed by atoms with Gasteiger partial charge in [-0.2, -0.15) is 5.26 Å². The smallest absolute Gasteiger partial charge is 0.270 e. The Bertz CT molecular complexity index is 830. The lowest BCUT2D eigenvalue weighted by molar-refractivity contribution is 0.476. The molecule has 9 heteroatoms. The van der Waals surface area contributed by atoms with Crippen molar-refractivity contribution in [2.45, 2.75) is 0 Å². The van der Waals surface area contributed by atoms with Crippen molar-refractivity contribution in [1.29, 1.82) is 5.26 Å². The van der Waals surface area contributed by atoms with Crippen LogP contribution in [-0.4, -0.2) is 16.0 Å². The summed E-state index contributed by atoms with van der Waals surface area (Å²) in [4.78, 5) is 0. The van der Waals surface area contributed by atoms with E-state index in [9.17, 15) is 10.2 Å². The van der Waals surface area contributed by atoms with Crippen molar-refractivity contribution >= 4 is 49.1 Å². The molecule has 0 aliphatic rings. The molecule has 0 atom stereocenters. The maximum Gasteiger partial charge on any atom is 0.270 e. The van der Waals surface area contributed by atoms with E-state index in [1.54, 1.807) is 24.3 Å². The van der Waals surface area contributed by atoms with E-state index in [-0.39, 0.29) is 23.0 Å². The molecule has 0 saturated heterocycles. The van der Waals surface area contributed by atoms with Gasteiger partial charge >= 0.3 is 0 Å². The molecule has 7 nitrogen and oxygen atoms in total. The van der Waals surface area contributed by atoms with Crippen molar-refractivity contribution < 1.29 is 10.2 Å². The summed E-state index contributed by atoms with van der Waals surface area (Å²) in [7, 11) is 0. The van der Waals surface area contributed by atoms with Crippen LogP contribution in [0.2, 0.25) is 0 Å². The quantitative estimate of drug-likeness (QED) is 0.212. The second-order valence-electron chi connectivity index (χ2n) is 4.15. The van der Waals surface area contributed by atoms with Gasteiger partial charge in [0.2, 0.25) is 0 Å². The van der Waals surface area contributed by atoms with E-state index >= 15 is 0 Å². The number of phenols is 2. The molecule has 116 valence electrons. The van der Waals surface area contributed by atoms with Gasteiger partial charge in [0, 0.05) is 8.95 Å². The maximum atomic E-state index is 9.71. The molecule has 0 amide bonds. The van der Waals surface area contributed by atoms with Gasteiger partial charge in [0.15, 0.2) is 0 Å². The van der Waals surface area contributed by atoms with E-state index in [0.29, 0.717) is 14.6 Å². The Morgan fingerprint density at radius 3 is 2.30 bits per heavy atom. The monoisotopic (exact) mass is 437 g/mol. The first-order valence-electron chi connectivity index (χ1n) is 6.12. The minimum absolute atomic E-state index is 0.0390. The highest BCUT2D eigenvalue weighted by atomic mass is 79.9. The van der Waals surface area contributed by atoms with Gasteiger partial charge in [-0.15, -0.1) is 15.3 Å². The van der Waals surface area contributed by atoms with Crippen LogP contribution in [-0.2, 0) is 0 Å². The molecule has 0 unspecified atom stereocenters. The zero-order valence-electron chi connectivity index (χ0n) is 11.4. The van der Waals surface area contributed by atoms with Crippen LogP contribution in [0.4, 0.5) is 11.4 Å². The second-order valence-corrected chi connectivity index (χ2v) is 5.98. The average molecular weight is 439 g/mol. The molecule has 2 aromatic carbocycles. The second kappa shape index (κ2) is 7.71. The van der Waals surface area contributed by atoms with Crippen LogP contribution >= 0.6 is 31.9 Å². The van der Waals surface area contributed by atoms with Crippen molar-refractivity contribution in [2.24, 2.45) is 15.3 Å². The number of nitrogens with one attached hydrogen (secondary N) is 1. The molecule has 2 rings (SSSR count). The number of nitriles is 1. The standard InChI is InChI=1S/C14H9Br2N5O2/c15-8-1-3-10(12(22)5-8)18-20-14(7-17)21-19-11-4-2-9(16)6-13(11)23/h1-6,18,22-23H/b20-14+,21-19?. The predicted octanol–water partition coefficient (Wildman–Crippen LogP) is 4.66. The molecular weight excluding hydrogens is 430 g/mol. The number of hydrazone groups is 1. The number of nitrogens with zero attached hydrogens (tertiary/aromatic N) is 4. The average Bonchev–Trinajstić information content (AvgIpc) is 2.50. The van der Waals surface area contributed by atoms with Crippen LogP contribution in [0.3, 0.4) is 0 Å². The third-order valence-electron chi connectivity index (χ3n) is 2.53. The number of azo groups is 1. The Kier molecular flexibility index (Phi) is 5.67. The lowest BCUT2D eigenvalue weighted by atomic mass is 10.3. The van der Waals surface area contributed by atoms with Crippen LogP contribution in [0.25, 0.3) is 0 Å². The third kappa shape index (κ3) is 4.77. The number of anilines is 1. The molecule has 0 spiro atoms. The van der Waals surface area contributed by atoms with Gasteiger partial charge in [0.25, 0.3) is 5.84 Å². The lowest BCUT2D eigenvalue weighted by Gasteiger charge is -2.03. The summed E-state index contributed by atoms with van der Waals surface area (Å²) in [5.74, 6) is -0.392. The number of aromatic hydroxyl groups is 2. The number of halogens is 2. The van der Waals surface area contributed by atoms with Crippen LogP contribution in [0, 0.1) is 11.3 Å². The fourth-order valence-electron chi connectivity index (χ4n) is 1.46. The molecule has 0 aromatic heterocycles. The van der Waals surface area contributed by atoms with E-state index < -0.39 is 0 Å². The summed E-state index contributed by atoms with van der Waals surface area (Å²) >= 11 is 6.42. The van der Waals surface area contributed by atoms with E-state index in [2.05, 4.69) is 52.6 Å². The predicted molar refractivity (Wildman–Crippen MR) is 92.8 cm³/mol. The number of rotatable bonds is 3. The fourth-order valence-corrected chi connectivity index (χ4v) is 2.16. The molecular formula is C14H9Br2N5O2. The van der Waals surface area contributed by atoms with E-state index in [0.717, 1.165) is 0 Å². The van der Waals surface area contributed by atoms with Crippen molar-refractivity contribution in [1.82, 2.24) is 0 Å².